The Morgan fingerprint density at radius 2 is 2.33 bits per heavy atom. The maximum Gasteiger partial charge on any atom is 0.231 e. The molecule has 2 N–H and O–H groups in total. The van der Waals surface area contributed by atoms with Crippen LogP contribution < -0.4 is 5.73 Å². The first-order chi connectivity index (χ1) is 11.4. The molecular formula is C19H20N4O. The molecule has 1 aliphatic heterocycles. The van der Waals surface area contributed by atoms with E-state index in [1.165, 1.54) is 11.1 Å². The number of terminal acetylenes is 1. The summed E-state index contributed by atoms with van der Waals surface area (Å²) in [5, 5.41) is 0. The lowest BCUT2D eigenvalue weighted by molar-refractivity contribution is -0.127. The lowest BCUT2D eigenvalue weighted by Crippen LogP contribution is -2.48. The van der Waals surface area contributed by atoms with Gasteiger partial charge in [0, 0.05) is 24.4 Å². The van der Waals surface area contributed by atoms with Gasteiger partial charge in [-0.25, -0.2) is 4.99 Å². The van der Waals surface area contributed by atoms with Crippen molar-refractivity contribution < 1.29 is 4.79 Å². The van der Waals surface area contributed by atoms with E-state index >= 15 is 0 Å². The van der Waals surface area contributed by atoms with E-state index in [1.54, 1.807) is 7.05 Å². The summed E-state index contributed by atoms with van der Waals surface area (Å²) in [5.74, 6) is 2.73. The summed E-state index contributed by atoms with van der Waals surface area (Å²) >= 11 is 0. The van der Waals surface area contributed by atoms with Gasteiger partial charge in [-0.05, 0) is 25.1 Å². The maximum atomic E-state index is 12.0. The summed E-state index contributed by atoms with van der Waals surface area (Å²) in [6, 6.07) is 7.49. The first kappa shape index (κ1) is 17.2. The number of carbonyl (C=O) groups excluding carboxylic acids is 1. The molecule has 0 saturated heterocycles. The topological polar surface area (TPSA) is 71.0 Å². The van der Waals surface area contributed by atoms with E-state index < -0.39 is 5.54 Å². The molecule has 5 nitrogen and oxygen atoms in total. The van der Waals surface area contributed by atoms with Gasteiger partial charge in [-0.1, -0.05) is 30.7 Å². The molecule has 1 aliphatic rings. The van der Waals surface area contributed by atoms with Crippen LogP contribution in [0.3, 0.4) is 0 Å². The van der Waals surface area contributed by atoms with Crippen LogP contribution in [0.5, 0.6) is 0 Å². The molecule has 0 aromatic heterocycles. The number of guanidine groups is 1. The average Bonchev–Trinajstić information content (AvgIpc) is 2.56. The Labute approximate surface area is 142 Å². The van der Waals surface area contributed by atoms with Crippen LogP contribution in [-0.2, 0) is 4.79 Å². The summed E-state index contributed by atoms with van der Waals surface area (Å²) in [7, 11) is 1.61. The third-order valence-corrected chi connectivity index (χ3v) is 3.75. The van der Waals surface area contributed by atoms with Crippen LogP contribution >= 0.6 is 0 Å². The van der Waals surface area contributed by atoms with Gasteiger partial charge in [0.15, 0.2) is 5.96 Å². The fourth-order valence-electron chi connectivity index (χ4n) is 2.36. The lowest BCUT2D eigenvalue weighted by atomic mass is 9.94. The standard InChI is InChI=1S/C19H20N4O/c1-5-14-8-7-9-15(12-14)16(21-6-2)10-11-19(3)13-17(24)23(4)18(20)22-19/h1,6-12H,2,13H2,3-4H3,(H2,20,22)/b11-10+,21-16?/t19-/m1/s1. The molecule has 24 heavy (non-hydrogen) atoms. The summed E-state index contributed by atoms with van der Waals surface area (Å²) in [5.41, 5.74) is 7.41. The van der Waals surface area contributed by atoms with E-state index in [9.17, 15) is 4.79 Å². The van der Waals surface area contributed by atoms with Crippen LogP contribution in [0.2, 0.25) is 0 Å². The Balaban J connectivity index is 2.36. The van der Waals surface area contributed by atoms with Crippen LogP contribution in [0.4, 0.5) is 0 Å². The highest BCUT2D eigenvalue weighted by Crippen LogP contribution is 2.23. The summed E-state index contributed by atoms with van der Waals surface area (Å²) in [6.07, 6.45) is 10.8. The third kappa shape index (κ3) is 3.79. The predicted octanol–water partition coefficient (Wildman–Crippen LogP) is 2.09. The van der Waals surface area contributed by atoms with Crippen LogP contribution in [0.1, 0.15) is 24.5 Å². The maximum absolute atomic E-state index is 12.0. The van der Waals surface area contributed by atoms with Gasteiger partial charge < -0.3 is 5.73 Å². The van der Waals surface area contributed by atoms with E-state index in [-0.39, 0.29) is 18.3 Å². The summed E-state index contributed by atoms with van der Waals surface area (Å²) in [4.78, 5) is 22.1. The molecule has 1 atom stereocenters. The van der Waals surface area contributed by atoms with Crippen LogP contribution in [0, 0.1) is 12.3 Å². The van der Waals surface area contributed by atoms with Crippen molar-refractivity contribution in [3.8, 4) is 12.3 Å². The van der Waals surface area contributed by atoms with Crippen molar-refractivity contribution in [1.29, 1.82) is 0 Å². The minimum absolute atomic E-state index is 0.0776. The zero-order valence-corrected chi connectivity index (χ0v) is 13.9. The second kappa shape index (κ2) is 6.97. The van der Waals surface area contributed by atoms with E-state index in [1.807, 2.05) is 43.3 Å². The molecule has 1 heterocycles. The van der Waals surface area contributed by atoms with Gasteiger partial charge in [0.05, 0.1) is 17.7 Å². The van der Waals surface area contributed by atoms with Crippen molar-refractivity contribution in [3.63, 3.8) is 0 Å². The van der Waals surface area contributed by atoms with Crippen molar-refractivity contribution in [2.75, 3.05) is 7.05 Å². The van der Waals surface area contributed by atoms with Gasteiger partial charge in [0.25, 0.3) is 0 Å². The number of carbonyl (C=O) groups is 1. The molecule has 1 amide bonds. The highest BCUT2D eigenvalue weighted by Gasteiger charge is 2.32. The Hall–Kier alpha value is -3.13. The molecule has 1 aromatic carbocycles. The quantitative estimate of drug-likeness (QED) is 0.681. The Kier molecular flexibility index (Phi) is 5.00. The molecule has 122 valence electrons. The minimum Gasteiger partial charge on any atom is -0.369 e. The van der Waals surface area contributed by atoms with Crippen molar-refractivity contribution in [1.82, 2.24) is 4.90 Å². The van der Waals surface area contributed by atoms with Gasteiger partial charge in [0.2, 0.25) is 5.91 Å². The fourth-order valence-corrected chi connectivity index (χ4v) is 2.36. The second-order valence-electron chi connectivity index (χ2n) is 5.71. The monoisotopic (exact) mass is 320 g/mol. The molecule has 0 bridgehead atoms. The van der Waals surface area contributed by atoms with Crippen LogP contribution in [0.15, 0.2) is 59.2 Å². The number of amides is 1. The van der Waals surface area contributed by atoms with Crippen LogP contribution in [-0.4, -0.2) is 35.1 Å². The van der Waals surface area contributed by atoms with E-state index in [0.29, 0.717) is 5.71 Å². The first-order valence-electron chi connectivity index (χ1n) is 7.45. The fraction of sp³-hybridized carbons (Fsp3) is 0.211. The first-order valence-corrected chi connectivity index (χ1v) is 7.45. The van der Waals surface area contributed by atoms with Crippen molar-refractivity contribution >= 4 is 17.6 Å². The molecule has 1 aromatic rings. The smallest absolute Gasteiger partial charge is 0.231 e. The van der Waals surface area contributed by atoms with E-state index in [2.05, 4.69) is 22.5 Å². The number of benzene rings is 1. The molecule has 5 heteroatoms. The van der Waals surface area contributed by atoms with Gasteiger partial charge in [-0.3, -0.25) is 14.7 Å². The summed E-state index contributed by atoms with van der Waals surface area (Å²) < 4.78 is 0. The zero-order valence-electron chi connectivity index (χ0n) is 13.9. The molecule has 2 rings (SSSR count). The molecule has 0 spiro atoms. The Morgan fingerprint density at radius 1 is 1.58 bits per heavy atom. The molecule has 0 radical (unpaired) electrons. The Bertz CT molecular complexity index is 798. The normalized spacial score (nSPS) is 21.5. The van der Waals surface area contributed by atoms with E-state index in [0.717, 1.165) is 11.1 Å². The number of hydrogen-bond donors (Lipinski definition) is 1. The molecule has 0 aliphatic carbocycles. The highest BCUT2D eigenvalue weighted by molar-refractivity contribution is 6.09. The van der Waals surface area contributed by atoms with Crippen molar-refractivity contribution in [2.24, 2.45) is 15.7 Å². The average molecular weight is 320 g/mol. The zero-order chi connectivity index (χ0) is 17.7. The lowest BCUT2D eigenvalue weighted by Gasteiger charge is -2.31. The van der Waals surface area contributed by atoms with Gasteiger partial charge in [0.1, 0.15) is 0 Å². The second-order valence-corrected chi connectivity index (χ2v) is 5.71. The number of hydrogen-bond acceptors (Lipinski definition) is 4. The van der Waals surface area contributed by atoms with Crippen molar-refractivity contribution in [2.45, 2.75) is 18.9 Å². The number of rotatable bonds is 4. The Morgan fingerprint density at radius 3 is 2.96 bits per heavy atom. The van der Waals surface area contributed by atoms with Gasteiger partial charge in [-0.2, -0.15) is 0 Å². The molecule has 0 saturated carbocycles. The third-order valence-electron chi connectivity index (χ3n) is 3.75. The largest absolute Gasteiger partial charge is 0.369 e. The van der Waals surface area contributed by atoms with E-state index in [4.69, 9.17) is 12.2 Å². The molecule has 0 unspecified atom stereocenters. The van der Waals surface area contributed by atoms with Crippen LogP contribution in [0.25, 0.3) is 0 Å². The molecular weight excluding hydrogens is 300 g/mol. The van der Waals surface area contributed by atoms with Gasteiger partial charge >= 0.3 is 0 Å². The predicted molar refractivity (Wildman–Crippen MR) is 97.7 cm³/mol. The SMILES string of the molecule is C#Cc1cccc(C(/C=C/[C@]2(C)CC(=O)N(C)C(N)=N2)=NC=C)c1. The summed E-state index contributed by atoms with van der Waals surface area (Å²) in [6.45, 7) is 5.50. The number of aliphatic imine (C=N–C) groups is 2. The van der Waals surface area contributed by atoms with Gasteiger partial charge in [-0.15, -0.1) is 6.42 Å². The number of nitrogens with zero attached hydrogens (tertiary/aromatic N) is 3. The minimum atomic E-state index is -0.709. The highest BCUT2D eigenvalue weighted by atomic mass is 16.2. The number of allylic oxidation sites excluding steroid dienone is 1. The van der Waals surface area contributed by atoms with Crippen molar-refractivity contribution in [3.05, 3.63) is 60.3 Å². The number of nitrogens with two attached hydrogens (primary N) is 1. The molecule has 0 fully saturated rings.